The Labute approximate surface area is 211 Å². The Balaban J connectivity index is 1.29. The number of carbonyl (C=O) groups is 4. The lowest BCUT2D eigenvalue weighted by Gasteiger charge is -2.22. The Morgan fingerprint density at radius 2 is 1.78 bits per heavy atom. The summed E-state index contributed by atoms with van der Waals surface area (Å²) in [6.07, 6.45) is 8.40. The van der Waals surface area contributed by atoms with E-state index in [1.54, 1.807) is 29.2 Å². The second-order valence-corrected chi connectivity index (χ2v) is 9.87. The topological polar surface area (TPSA) is 109 Å². The molecule has 8 heteroatoms. The Bertz CT molecular complexity index is 1030. The predicted octanol–water partition coefficient (Wildman–Crippen LogP) is 3.59. The van der Waals surface area contributed by atoms with E-state index in [9.17, 15) is 19.2 Å². The largest absolute Gasteiger partial charge is 0.459 e. The molecule has 1 aromatic heterocycles. The Morgan fingerprint density at radius 3 is 2.50 bits per heavy atom. The number of benzene rings is 1. The zero-order valence-electron chi connectivity index (χ0n) is 20.6. The number of furan rings is 1. The molecule has 1 saturated heterocycles. The van der Waals surface area contributed by atoms with Gasteiger partial charge in [-0.1, -0.05) is 43.9 Å². The lowest BCUT2D eigenvalue weighted by molar-refractivity contribution is -0.125. The highest BCUT2D eigenvalue weighted by molar-refractivity contribution is 5.97. The summed E-state index contributed by atoms with van der Waals surface area (Å²) in [5, 5.41) is 5.77. The smallest absolute Gasteiger partial charge is 0.287 e. The lowest BCUT2D eigenvalue weighted by atomic mass is 9.95. The molecule has 1 unspecified atom stereocenters. The molecule has 0 spiro atoms. The van der Waals surface area contributed by atoms with Gasteiger partial charge in [-0.2, -0.15) is 0 Å². The van der Waals surface area contributed by atoms with Gasteiger partial charge in [-0.05, 0) is 55.9 Å². The highest BCUT2D eigenvalue weighted by atomic mass is 16.3. The minimum Gasteiger partial charge on any atom is -0.459 e. The van der Waals surface area contributed by atoms with Crippen LogP contribution < -0.4 is 10.6 Å². The first-order valence-corrected chi connectivity index (χ1v) is 13.0. The van der Waals surface area contributed by atoms with Gasteiger partial charge < -0.3 is 20.0 Å². The van der Waals surface area contributed by atoms with Crippen molar-refractivity contribution in [3.63, 3.8) is 0 Å². The number of nitrogens with zero attached hydrogens (tertiary/aromatic N) is 1. The summed E-state index contributed by atoms with van der Waals surface area (Å²) < 4.78 is 5.17. The van der Waals surface area contributed by atoms with Gasteiger partial charge in [-0.25, -0.2) is 0 Å². The Hall–Kier alpha value is -3.42. The molecule has 1 saturated carbocycles. The van der Waals surface area contributed by atoms with Crippen LogP contribution in [0, 0.1) is 11.8 Å². The number of likely N-dealkylation sites (tertiary alicyclic amines) is 1. The van der Waals surface area contributed by atoms with Gasteiger partial charge in [0.15, 0.2) is 11.5 Å². The third-order valence-electron chi connectivity index (χ3n) is 7.29. The number of rotatable bonds is 9. The zero-order chi connectivity index (χ0) is 25.3. The van der Waals surface area contributed by atoms with Gasteiger partial charge in [0, 0.05) is 24.6 Å². The van der Waals surface area contributed by atoms with Crippen LogP contribution in [-0.4, -0.2) is 54.1 Å². The van der Waals surface area contributed by atoms with Crippen LogP contribution in [0.3, 0.4) is 0 Å². The Morgan fingerprint density at radius 1 is 1.00 bits per heavy atom. The van der Waals surface area contributed by atoms with Crippen LogP contribution in [0.5, 0.6) is 0 Å². The minimum atomic E-state index is -0.644. The molecule has 2 heterocycles. The fourth-order valence-corrected chi connectivity index (χ4v) is 5.27. The van der Waals surface area contributed by atoms with Crippen LogP contribution in [0.1, 0.15) is 72.3 Å². The van der Waals surface area contributed by atoms with Crippen LogP contribution in [-0.2, 0) is 9.59 Å². The highest BCUT2D eigenvalue weighted by Gasteiger charge is 2.30. The molecule has 2 atom stereocenters. The Kier molecular flexibility index (Phi) is 8.92. The van der Waals surface area contributed by atoms with Crippen molar-refractivity contribution in [1.29, 1.82) is 0 Å². The fraction of sp³-hybridized carbons (Fsp3) is 0.500. The van der Waals surface area contributed by atoms with E-state index >= 15 is 0 Å². The first-order valence-electron chi connectivity index (χ1n) is 13.0. The second-order valence-electron chi connectivity index (χ2n) is 9.87. The van der Waals surface area contributed by atoms with Gasteiger partial charge in [0.25, 0.3) is 11.8 Å². The number of hydrogen-bond acceptors (Lipinski definition) is 5. The summed E-state index contributed by atoms with van der Waals surface area (Å²) >= 11 is 0. The van der Waals surface area contributed by atoms with Crippen molar-refractivity contribution >= 4 is 23.5 Å². The first kappa shape index (κ1) is 25.7. The third-order valence-corrected chi connectivity index (χ3v) is 7.29. The molecule has 8 nitrogen and oxygen atoms in total. The fourth-order valence-electron chi connectivity index (χ4n) is 5.27. The van der Waals surface area contributed by atoms with E-state index in [2.05, 4.69) is 10.6 Å². The monoisotopic (exact) mass is 493 g/mol. The van der Waals surface area contributed by atoms with Crippen molar-refractivity contribution in [2.24, 2.45) is 11.8 Å². The standard InChI is InChI=1S/C28H35N3O5/c32-24-19-31(28(35)22-10-2-1-3-11-22)16-6-12-21(24)14-15-29-26(33)23(18-20-8-4-5-9-20)30-27(34)25-13-7-17-36-25/h1-3,7,10-11,13,17,20-21,23H,4-6,8-9,12,14-16,18-19H2,(H,29,33)(H,30,34)/t21?,23-/m0/s1. The van der Waals surface area contributed by atoms with Crippen LogP contribution in [0.4, 0.5) is 0 Å². The summed E-state index contributed by atoms with van der Waals surface area (Å²) in [5.74, 6) is -0.347. The quantitative estimate of drug-likeness (QED) is 0.555. The molecule has 1 aromatic carbocycles. The highest BCUT2D eigenvalue weighted by Crippen LogP contribution is 2.29. The molecule has 4 rings (SSSR count). The molecule has 0 bridgehead atoms. The molecule has 1 aliphatic heterocycles. The van der Waals surface area contributed by atoms with Gasteiger partial charge >= 0.3 is 0 Å². The molecular formula is C28H35N3O5. The van der Waals surface area contributed by atoms with E-state index in [-0.39, 0.29) is 35.8 Å². The summed E-state index contributed by atoms with van der Waals surface area (Å²) in [7, 11) is 0. The van der Waals surface area contributed by atoms with Crippen LogP contribution in [0.15, 0.2) is 53.1 Å². The first-order chi connectivity index (χ1) is 17.5. The molecule has 2 N–H and O–H groups in total. The van der Waals surface area contributed by atoms with Gasteiger partial charge in [0.05, 0.1) is 12.8 Å². The van der Waals surface area contributed by atoms with Crippen LogP contribution in [0.25, 0.3) is 0 Å². The molecule has 0 radical (unpaired) electrons. The molecule has 2 fully saturated rings. The molecule has 2 aromatic rings. The van der Waals surface area contributed by atoms with E-state index in [0.717, 1.165) is 32.1 Å². The maximum absolute atomic E-state index is 13.0. The van der Waals surface area contributed by atoms with E-state index in [1.165, 1.54) is 6.26 Å². The molecule has 36 heavy (non-hydrogen) atoms. The average Bonchev–Trinajstić information content (AvgIpc) is 3.58. The maximum Gasteiger partial charge on any atom is 0.287 e. The van der Waals surface area contributed by atoms with E-state index in [1.807, 2.05) is 18.2 Å². The predicted molar refractivity (Wildman–Crippen MR) is 134 cm³/mol. The zero-order valence-corrected chi connectivity index (χ0v) is 20.6. The van der Waals surface area contributed by atoms with Crippen molar-refractivity contribution in [2.75, 3.05) is 19.6 Å². The molecule has 1 aliphatic carbocycles. The van der Waals surface area contributed by atoms with E-state index < -0.39 is 11.9 Å². The third kappa shape index (κ3) is 6.83. The van der Waals surface area contributed by atoms with Crippen molar-refractivity contribution in [1.82, 2.24) is 15.5 Å². The number of amides is 3. The van der Waals surface area contributed by atoms with Crippen molar-refractivity contribution in [3.05, 3.63) is 60.1 Å². The molecule has 2 aliphatic rings. The SMILES string of the molecule is O=C(N[C@@H](CC1CCCC1)C(=O)NCCC1CCCN(C(=O)c2ccccc2)CC1=O)c1ccco1. The van der Waals surface area contributed by atoms with Crippen LogP contribution in [0.2, 0.25) is 0 Å². The van der Waals surface area contributed by atoms with Gasteiger partial charge in [-0.15, -0.1) is 0 Å². The number of ketones is 1. The van der Waals surface area contributed by atoms with Crippen molar-refractivity contribution in [3.8, 4) is 0 Å². The van der Waals surface area contributed by atoms with E-state index in [4.69, 9.17) is 4.42 Å². The van der Waals surface area contributed by atoms with Gasteiger partial charge in [-0.3, -0.25) is 19.2 Å². The molecule has 3 amide bonds. The number of nitrogens with one attached hydrogen (secondary N) is 2. The van der Waals surface area contributed by atoms with Gasteiger partial charge in [0.2, 0.25) is 5.91 Å². The molecular weight excluding hydrogens is 458 g/mol. The maximum atomic E-state index is 13.0. The van der Waals surface area contributed by atoms with E-state index in [0.29, 0.717) is 43.8 Å². The summed E-state index contributed by atoms with van der Waals surface area (Å²) in [6.45, 7) is 0.986. The summed E-state index contributed by atoms with van der Waals surface area (Å²) in [5.41, 5.74) is 0.584. The average molecular weight is 494 g/mol. The summed E-state index contributed by atoms with van der Waals surface area (Å²) in [4.78, 5) is 52.9. The number of carbonyl (C=O) groups excluding carboxylic acids is 4. The molecule has 192 valence electrons. The minimum absolute atomic E-state index is 0.0275. The second kappa shape index (κ2) is 12.5. The van der Waals surface area contributed by atoms with Gasteiger partial charge in [0.1, 0.15) is 6.04 Å². The normalized spacial score (nSPS) is 19.5. The number of Topliss-reactive ketones (excluding diaryl/α,β-unsaturated/α-hetero) is 1. The lowest BCUT2D eigenvalue weighted by Crippen LogP contribution is -2.48. The summed E-state index contributed by atoms with van der Waals surface area (Å²) in [6, 6.07) is 11.6. The van der Waals surface area contributed by atoms with Crippen molar-refractivity contribution in [2.45, 2.75) is 57.4 Å². The number of hydrogen-bond donors (Lipinski definition) is 2. The van der Waals surface area contributed by atoms with Crippen molar-refractivity contribution < 1.29 is 23.6 Å². The van der Waals surface area contributed by atoms with Crippen LogP contribution >= 0.6 is 0 Å².